The summed E-state index contributed by atoms with van der Waals surface area (Å²) in [6.07, 6.45) is 10.3. The molecule has 17 heavy (non-hydrogen) atoms. The maximum atomic E-state index is 6.42. The van der Waals surface area contributed by atoms with Crippen molar-refractivity contribution in [2.75, 3.05) is 0 Å². The van der Waals surface area contributed by atoms with Crippen molar-refractivity contribution in [1.29, 1.82) is 0 Å². The zero-order valence-corrected chi connectivity index (χ0v) is 11.1. The van der Waals surface area contributed by atoms with Gasteiger partial charge in [0.2, 0.25) is 0 Å². The number of hydrogen-bond donors (Lipinski definition) is 1. The van der Waals surface area contributed by atoms with Crippen LogP contribution < -0.4 is 5.73 Å². The first-order valence-electron chi connectivity index (χ1n) is 6.99. The molecule has 0 bridgehead atoms. The first-order chi connectivity index (χ1) is 8.22. The lowest BCUT2D eigenvalue weighted by Crippen LogP contribution is -2.28. The summed E-state index contributed by atoms with van der Waals surface area (Å²) in [5.41, 5.74) is 6.42. The highest BCUT2D eigenvalue weighted by atomic mass is 15.1. The fourth-order valence-electron chi connectivity index (χ4n) is 3.07. The van der Waals surface area contributed by atoms with Gasteiger partial charge in [-0.05, 0) is 31.1 Å². The molecule has 3 heteroatoms. The Morgan fingerprint density at radius 2 is 2.35 bits per heavy atom. The van der Waals surface area contributed by atoms with Gasteiger partial charge in [-0.25, -0.2) is 4.98 Å². The van der Waals surface area contributed by atoms with E-state index in [1.165, 1.54) is 25.7 Å². The van der Waals surface area contributed by atoms with Gasteiger partial charge in [-0.3, -0.25) is 0 Å². The van der Waals surface area contributed by atoms with Crippen LogP contribution in [0.1, 0.15) is 57.8 Å². The topological polar surface area (TPSA) is 43.8 Å². The molecule has 3 unspecified atom stereocenters. The summed E-state index contributed by atoms with van der Waals surface area (Å²) in [6, 6.07) is 0.124. The van der Waals surface area contributed by atoms with E-state index in [1.807, 2.05) is 6.20 Å². The van der Waals surface area contributed by atoms with Crippen LogP contribution in [0.2, 0.25) is 0 Å². The molecule has 2 rings (SSSR count). The third kappa shape index (κ3) is 2.89. The minimum atomic E-state index is 0.124. The van der Waals surface area contributed by atoms with E-state index in [4.69, 9.17) is 5.73 Å². The van der Waals surface area contributed by atoms with Gasteiger partial charge in [0.05, 0.1) is 6.04 Å². The monoisotopic (exact) mass is 235 g/mol. The van der Waals surface area contributed by atoms with Crippen molar-refractivity contribution in [3.63, 3.8) is 0 Å². The molecule has 1 heterocycles. The number of aromatic nitrogens is 2. The van der Waals surface area contributed by atoms with E-state index >= 15 is 0 Å². The molecule has 0 radical (unpaired) electrons. The first kappa shape index (κ1) is 12.6. The van der Waals surface area contributed by atoms with Gasteiger partial charge in [0.15, 0.2) is 0 Å². The van der Waals surface area contributed by atoms with Crippen LogP contribution >= 0.6 is 0 Å². The van der Waals surface area contributed by atoms with E-state index in [1.54, 1.807) is 0 Å². The molecule has 0 aliphatic heterocycles. The van der Waals surface area contributed by atoms with Crippen molar-refractivity contribution in [3.8, 4) is 0 Å². The number of imidazole rings is 1. The molecule has 1 aromatic rings. The molecule has 1 aliphatic carbocycles. The zero-order chi connectivity index (χ0) is 12.3. The number of nitrogens with two attached hydrogens (primary N) is 1. The predicted molar refractivity (Wildman–Crippen MR) is 70.6 cm³/mol. The maximum absolute atomic E-state index is 6.42. The molecule has 1 saturated carbocycles. The highest BCUT2D eigenvalue weighted by Crippen LogP contribution is 2.35. The summed E-state index contributed by atoms with van der Waals surface area (Å²) in [6.45, 7) is 5.57. The number of hydrogen-bond acceptors (Lipinski definition) is 2. The number of aryl methyl sites for hydroxylation is 1. The normalized spacial score (nSPS) is 27.0. The van der Waals surface area contributed by atoms with Gasteiger partial charge < -0.3 is 10.3 Å². The Balaban J connectivity index is 2.07. The Morgan fingerprint density at radius 1 is 1.53 bits per heavy atom. The second kappa shape index (κ2) is 5.67. The Hall–Kier alpha value is -0.830. The van der Waals surface area contributed by atoms with Gasteiger partial charge >= 0.3 is 0 Å². The van der Waals surface area contributed by atoms with Crippen LogP contribution in [0.4, 0.5) is 0 Å². The predicted octanol–water partition coefficient (Wildman–Crippen LogP) is 3.12. The molecule has 3 atom stereocenters. The van der Waals surface area contributed by atoms with Crippen LogP contribution in [0.3, 0.4) is 0 Å². The minimum absolute atomic E-state index is 0.124. The summed E-state index contributed by atoms with van der Waals surface area (Å²) in [7, 11) is 0. The van der Waals surface area contributed by atoms with Crippen LogP contribution in [0.5, 0.6) is 0 Å². The number of rotatable bonds is 4. The van der Waals surface area contributed by atoms with Crippen LogP contribution in [-0.4, -0.2) is 9.55 Å². The fraction of sp³-hybridized carbons (Fsp3) is 0.786. The van der Waals surface area contributed by atoms with Crippen LogP contribution in [0.25, 0.3) is 0 Å². The standard InChI is InChI=1S/C14H25N3/c1-3-8-17-9-7-16-14(17)13(15)12-6-4-5-11(2)10-12/h7,9,11-13H,3-6,8,10,15H2,1-2H3. The Morgan fingerprint density at radius 3 is 3.06 bits per heavy atom. The van der Waals surface area contributed by atoms with E-state index < -0.39 is 0 Å². The lowest BCUT2D eigenvalue weighted by molar-refractivity contribution is 0.240. The largest absolute Gasteiger partial charge is 0.334 e. The van der Waals surface area contributed by atoms with Crippen molar-refractivity contribution in [3.05, 3.63) is 18.2 Å². The molecule has 1 fully saturated rings. The van der Waals surface area contributed by atoms with Gasteiger partial charge in [-0.15, -0.1) is 0 Å². The highest BCUT2D eigenvalue weighted by Gasteiger charge is 2.27. The number of nitrogens with zero attached hydrogens (tertiary/aromatic N) is 2. The van der Waals surface area contributed by atoms with Crippen LogP contribution in [-0.2, 0) is 6.54 Å². The average molecular weight is 235 g/mol. The second-order valence-electron chi connectivity index (χ2n) is 5.54. The quantitative estimate of drug-likeness (QED) is 0.871. The van der Waals surface area contributed by atoms with Crippen molar-refractivity contribution in [2.24, 2.45) is 17.6 Å². The van der Waals surface area contributed by atoms with Gasteiger partial charge in [0.1, 0.15) is 5.82 Å². The lowest BCUT2D eigenvalue weighted by atomic mass is 9.78. The lowest BCUT2D eigenvalue weighted by Gasteiger charge is -2.31. The summed E-state index contributed by atoms with van der Waals surface area (Å²) in [4.78, 5) is 4.47. The molecule has 96 valence electrons. The third-order valence-corrected chi connectivity index (χ3v) is 4.00. The summed E-state index contributed by atoms with van der Waals surface area (Å²) >= 11 is 0. The summed E-state index contributed by atoms with van der Waals surface area (Å²) in [5, 5.41) is 0. The van der Waals surface area contributed by atoms with Crippen molar-refractivity contribution >= 4 is 0 Å². The van der Waals surface area contributed by atoms with Crippen LogP contribution in [0.15, 0.2) is 12.4 Å². The SMILES string of the molecule is CCCn1ccnc1C(N)C1CCCC(C)C1. The maximum Gasteiger partial charge on any atom is 0.125 e. The smallest absolute Gasteiger partial charge is 0.125 e. The Kier molecular flexibility index (Phi) is 4.21. The average Bonchev–Trinajstić information content (AvgIpc) is 2.77. The van der Waals surface area contributed by atoms with E-state index in [2.05, 4.69) is 29.6 Å². The van der Waals surface area contributed by atoms with Gasteiger partial charge in [-0.1, -0.05) is 26.7 Å². The van der Waals surface area contributed by atoms with E-state index in [0.717, 1.165) is 24.7 Å². The molecule has 0 spiro atoms. The second-order valence-corrected chi connectivity index (χ2v) is 5.54. The molecular weight excluding hydrogens is 210 g/mol. The minimum Gasteiger partial charge on any atom is -0.334 e. The molecule has 0 aromatic carbocycles. The summed E-state index contributed by atoms with van der Waals surface area (Å²) < 4.78 is 2.23. The molecule has 0 amide bonds. The molecular formula is C14H25N3. The van der Waals surface area contributed by atoms with Gasteiger partial charge in [0.25, 0.3) is 0 Å². The molecule has 2 N–H and O–H groups in total. The first-order valence-corrected chi connectivity index (χ1v) is 6.99. The van der Waals surface area contributed by atoms with Crippen LogP contribution in [0, 0.1) is 11.8 Å². The summed E-state index contributed by atoms with van der Waals surface area (Å²) in [5.74, 6) is 2.54. The van der Waals surface area contributed by atoms with Crippen molar-refractivity contribution in [2.45, 2.75) is 58.5 Å². The van der Waals surface area contributed by atoms with Gasteiger partial charge in [0, 0.05) is 18.9 Å². The van der Waals surface area contributed by atoms with Gasteiger partial charge in [-0.2, -0.15) is 0 Å². The van der Waals surface area contributed by atoms with E-state index in [-0.39, 0.29) is 6.04 Å². The van der Waals surface area contributed by atoms with Crippen molar-refractivity contribution in [1.82, 2.24) is 9.55 Å². The zero-order valence-electron chi connectivity index (χ0n) is 11.1. The van der Waals surface area contributed by atoms with E-state index in [9.17, 15) is 0 Å². The highest BCUT2D eigenvalue weighted by molar-refractivity contribution is 5.01. The van der Waals surface area contributed by atoms with E-state index in [0.29, 0.717) is 5.92 Å². The Labute approximate surface area is 104 Å². The molecule has 3 nitrogen and oxygen atoms in total. The Bertz CT molecular complexity index is 345. The molecule has 0 saturated heterocycles. The third-order valence-electron chi connectivity index (χ3n) is 4.00. The fourth-order valence-corrected chi connectivity index (χ4v) is 3.07. The molecule has 1 aliphatic rings. The molecule has 1 aromatic heterocycles. The van der Waals surface area contributed by atoms with Crippen molar-refractivity contribution < 1.29 is 0 Å².